The number of hydrogen-bond donors (Lipinski definition) is 0. The van der Waals surface area contributed by atoms with Crippen molar-refractivity contribution >= 4 is 22.9 Å². The molecule has 0 fully saturated rings. The second-order valence-electron chi connectivity index (χ2n) is 12.0. The number of aromatic nitrogens is 2. The number of Topliss-reactive ketones (excluding diaryl/α,β-unsaturated/α-hetero) is 1. The minimum Gasteiger partial charge on any atom is -1.00 e. The molecule has 1 aliphatic rings. The van der Waals surface area contributed by atoms with Crippen LogP contribution in [-0.4, -0.2) is 35.3 Å². The molecular formula is C37H52ClN3O. The molecule has 4 rings (SSSR count). The molecule has 0 amide bonds. The van der Waals surface area contributed by atoms with E-state index in [9.17, 15) is 4.79 Å². The number of nitrogens with zero attached hydrogens (tertiary/aromatic N) is 3. The molecule has 1 heterocycles. The van der Waals surface area contributed by atoms with Crippen LogP contribution in [0.2, 0.25) is 0 Å². The topological polar surface area (TPSA) is 37.1 Å². The lowest BCUT2D eigenvalue weighted by molar-refractivity contribution is -0.570. The molecule has 2 aromatic carbocycles. The molecule has 3 aromatic rings. The predicted molar refractivity (Wildman–Crippen MR) is 173 cm³/mol. The van der Waals surface area contributed by atoms with E-state index in [1.54, 1.807) is 0 Å². The fourth-order valence-electron chi connectivity index (χ4n) is 6.16. The SMILES string of the molecule is CCCCCCCCCCCCCCCCCCN(C)C1C=Cc2c(nc3ccccc3[n+]2-c2ccccc2)C1=O.[Cl-]. The first-order valence-corrected chi connectivity index (χ1v) is 16.5. The van der Waals surface area contributed by atoms with Gasteiger partial charge in [-0.2, -0.15) is 0 Å². The van der Waals surface area contributed by atoms with Crippen LogP contribution in [0.4, 0.5) is 0 Å². The van der Waals surface area contributed by atoms with Crippen LogP contribution >= 0.6 is 0 Å². The van der Waals surface area contributed by atoms with E-state index in [1.807, 2.05) is 36.4 Å². The zero-order chi connectivity index (χ0) is 28.7. The summed E-state index contributed by atoms with van der Waals surface area (Å²) in [5, 5.41) is 0. The van der Waals surface area contributed by atoms with Crippen molar-refractivity contribution in [2.45, 2.75) is 116 Å². The van der Waals surface area contributed by atoms with Crippen molar-refractivity contribution in [2.24, 2.45) is 0 Å². The highest BCUT2D eigenvalue weighted by Crippen LogP contribution is 2.23. The molecule has 0 bridgehead atoms. The number of benzene rings is 2. The van der Waals surface area contributed by atoms with Gasteiger partial charge in [0.1, 0.15) is 5.52 Å². The van der Waals surface area contributed by atoms with E-state index in [0.29, 0.717) is 5.69 Å². The number of hydrogen-bond acceptors (Lipinski definition) is 3. The summed E-state index contributed by atoms with van der Waals surface area (Å²) < 4.78 is 2.16. The fraction of sp³-hybridized carbons (Fsp3) is 0.541. The summed E-state index contributed by atoms with van der Waals surface area (Å²) in [5.74, 6) is 0.0944. The maximum absolute atomic E-state index is 13.7. The second-order valence-corrected chi connectivity index (χ2v) is 12.0. The van der Waals surface area contributed by atoms with Gasteiger partial charge in [-0.25, -0.2) is 4.98 Å². The Kier molecular flexibility index (Phi) is 15.2. The molecule has 42 heavy (non-hydrogen) atoms. The Morgan fingerprint density at radius 1 is 0.714 bits per heavy atom. The van der Waals surface area contributed by atoms with Gasteiger partial charge < -0.3 is 12.4 Å². The Morgan fingerprint density at radius 2 is 1.24 bits per heavy atom. The van der Waals surface area contributed by atoms with Crippen LogP contribution in [0.25, 0.3) is 22.8 Å². The van der Waals surface area contributed by atoms with Gasteiger partial charge in [0.05, 0.1) is 6.04 Å². The first-order chi connectivity index (χ1) is 20.2. The number of ketones is 1. The van der Waals surface area contributed by atoms with Crippen molar-refractivity contribution in [3.8, 4) is 5.69 Å². The zero-order valence-electron chi connectivity index (χ0n) is 26.1. The highest BCUT2D eigenvalue weighted by atomic mass is 35.5. The van der Waals surface area contributed by atoms with E-state index in [0.717, 1.165) is 35.4 Å². The summed E-state index contributed by atoms with van der Waals surface area (Å²) >= 11 is 0. The molecule has 0 N–H and O–H groups in total. The van der Waals surface area contributed by atoms with Crippen LogP contribution in [0.15, 0.2) is 60.7 Å². The molecule has 0 aliphatic heterocycles. The molecule has 0 radical (unpaired) electrons. The number of halogens is 1. The maximum Gasteiger partial charge on any atom is 0.241 e. The normalized spacial score (nSPS) is 14.4. The van der Waals surface area contributed by atoms with Crippen LogP contribution in [0.1, 0.15) is 126 Å². The highest BCUT2D eigenvalue weighted by molar-refractivity contribution is 6.05. The largest absolute Gasteiger partial charge is 1.00 e. The number of unbranched alkanes of at least 4 members (excludes halogenated alkanes) is 15. The average molecular weight is 590 g/mol. The lowest BCUT2D eigenvalue weighted by Crippen LogP contribution is -3.00. The van der Waals surface area contributed by atoms with Crippen molar-refractivity contribution in [2.75, 3.05) is 13.6 Å². The van der Waals surface area contributed by atoms with Gasteiger partial charge in [-0.15, -0.1) is 4.57 Å². The second kappa shape index (κ2) is 18.9. The monoisotopic (exact) mass is 589 g/mol. The van der Waals surface area contributed by atoms with Gasteiger partial charge in [-0.3, -0.25) is 9.69 Å². The third-order valence-corrected chi connectivity index (χ3v) is 8.63. The molecule has 0 saturated carbocycles. The first kappa shape index (κ1) is 33.9. The van der Waals surface area contributed by atoms with Gasteiger partial charge in [-0.05, 0) is 26.1 Å². The number of likely N-dealkylation sites (N-methyl/N-ethyl adjacent to an activating group) is 1. The van der Waals surface area contributed by atoms with Gasteiger partial charge in [0.2, 0.25) is 22.7 Å². The van der Waals surface area contributed by atoms with Crippen molar-refractivity contribution in [1.29, 1.82) is 0 Å². The van der Waals surface area contributed by atoms with Crippen LogP contribution < -0.4 is 17.0 Å². The van der Waals surface area contributed by atoms with Crippen molar-refractivity contribution in [3.63, 3.8) is 0 Å². The first-order valence-electron chi connectivity index (χ1n) is 16.5. The molecule has 0 spiro atoms. The summed E-state index contributed by atoms with van der Waals surface area (Å²) in [6.45, 7) is 3.22. The number of carbonyl (C=O) groups excluding carboxylic acids is 1. The minimum atomic E-state index is -0.253. The quantitative estimate of drug-likeness (QED) is 0.122. The van der Waals surface area contributed by atoms with Gasteiger partial charge in [-0.1, -0.05) is 140 Å². The van der Waals surface area contributed by atoms with E-state index < -0.39 is 0 Å². The Hall–Kier alpha value is -2.56. The molecule has 1 aliphatic carbocycles. The molecule has 5 heteroatoms. The summed E-state index contributed by atoms with van der Waals surface area (Å²) in [6, 6.07) is 18.1. The third-order valence-electron chi connectivity index (χ3n) is 8.63. The average Bonchev–Trinajstić information content (AvgIpc) is 3.00. The third kappa shape index (κ3) is 9.74. The van der Waals surface area contributed by atoms with Crippen molar-refractivity contribution in [3.05, 3.63) is 72.1 Å². The number of carbonyl (C=O) groups is 1. The van der Waals surface area contributed by atoms with Gasteiger partial charge in [0.15, 0.2) is 5.69 Å². The maximum atomic E-state index is 13.7. The summed E-state index contributed by atoms with van der Waals surface area (Å²) in [5.41, 5.74) is 4.33. The zero-order valence-corrected chi connectivity index (χ0v) is 26.8. The Bertz CT molecular complexity index is 1240. The van der Waals surface area contributed by atoms with E-state index in [-0.39, 0.29) is 24.2 Å². The summed E-state index contributed by atoms with van der Waals surface area (Å²) in [6.07, 6.45) is 26.1. The van der Waals surface area contributed by atoms with Crippen molar-refractivity contribution < 1.29 is 21.8 Å². The molecule has 0 saturated heterocycles. The van der Waals surface area contributed by atoms with Crippen LogP contribution in [0.3, 0.4) is 0 Å². The lowest BCUT2D eigenvalue weighted by atomic mass is 9.98. The molecule has 1 unspecified atom stereocenters. The Balaban J connectivity index is 0.00000484. The van der Waals surface area contributed by atoms with Gasteiger partial charge in [0.25, 0.3) is 0 Å². The standard InChI is InChI=1S/C37H52N3O.ClH/c1-3-4-5-6-7-8-9-10-11-12-13-14-15-16-17-23-30-39(2)35-29-28-34-36(37(35)41)38-32-26-21-22-27-33(32)40(34)31-24-19-18-20-25-31;/h18-22,24-29,35H,3-17,23,30H2,1-2H3;1H/q+1;/p-1. The minimum absolute atomic E-state index is 0. The molecule has 1 atom stereocenters. The molecule has 1 aromatic heterocycles. The predicted octanol–water partition coefficient (Wildman–Crippen LogP) is 6.29. The lowest BCUT2D eigenvalue weighted by Gasteiger charge is -2.26. The fourth-order valence-corrected chi connectivity index (χ4v) is 6.16. The van der Waals surface area contributed by atoms with Gasteiger partial charge >= 0.3 is 0 Å². The highest BCUT2D eigenvalue weighted by Gasteiger charge is 2.35. The van der Waals surface area contributed by atoms with Crippen LogP contribution in [0, 0.1) is 0 Å². The van der Waals surface area contributed by atoms with E-state index in [2.05, 4.69) is 53.8 Å². The summed E-state index contributed by atoms with van der Waals surface area (Å²) in [4.78, 5) is 20.7. The Labute approximate surface area is 261 Å². The summed E-state index contributed by atoms with van der Waals surface area (Å²) in [7, 11) is 2.08. The van der Waals surface area contributed by atoms with Crippen LogP contribution in [0.5, 0.6) is 0 Å². The number of para-hydroxylation sites is 3. The van der Waals surface area contributed by atoms with Crippen LogP contribution in [-0.2, 0) is 0 Å². The van der Waals surface area contributed by atoms with E-state index in [4.69, 9.17) is 4.98 Å². The Morgan fingerprint density at radius 3 is 1.83 bits per heavy atom. The van der Waals surface area contributed by atoms with Gasteiger partial charge in [0, 0.05) is 24.3 Å². The molecular weight excluding hydrogens is 538 g/mol. The van der Waals surface area contributed by atoms with E-state index in [1.165, 1.54) is 96.3 Å². The number of rotatable bonds is 19. The molecule has 228 valence electrons. The van der Waals surface area contributed by atoms with E-state index >= 15 is 0 Å². The number of fused-ring (bicyclic) bond motifs is 2. The van der Waals surface area contributed by atoms with Crippen molar-refractivity contribution in [1.82, 2.24) is 9.88 Å². The smallest absolute Gasteiger partial charge is 0.241 e. The molecule has 4 nitrogen and oxygen atoms in total.